The lowest BCUT2D eigenvalue weighted by atomic mass is 9.84. The Morgan fingerprint density at radius 2 is 2.43 bits per heavy atom. The maximum atomic E-state index is 5.20. The third kappa shape index (κ3) is 1.43. The lowest BCUT2D eigenvalue weighted by molar-refractivity contribution is 0.382. The van der Waals surface area contributed by atoms with Crippen molar-refractivity contribution in [2.24, 2.45) is 0 Å². The summed E-state index contributed by atoms with van der Waals surface area (Å²) in [7, 11) is 0. The zero-order chi connectivity index (χ0) is 10.1. The molecule has 1 aliphatic rings. The van der Waals surface area contributed by atoms with Crippen LogP contribution in [0.2, 0.25) is 0 Å². The Hall–Kier alpha value is -0.900. The summed E-state index contributed by atoms with van der Waals surface area (Å²) in [5, 5.41) is 7.17. The first-order chi connectivity index (χ1) is 6.74. The van der Waals surface area contributed by atoms with Gasteiger partial charge in [0, 0.05) is 5.92 Å². The van der Waals surface area contributed by atoms with Crippen molar-refractivity contribution in [1.82, 2.24) is 14.8 Å². The molecule has 4 heteroatoms. The summed E-state index contributed by atoms with van der Waals surface area (Å²) in [4.78, 5) is 0. The molecule has 1 aliphatic carbocycles. The molecule has 0 bridgehead atoms. The first kappa shape index (κ1) is 9.65. The molecule has 0 saturated heterocycles. The third-order valence-electron chi connectivity index (χ3n) is 2.95. The summed E-state index contributed by atoms with van der Waals surface area (Å²) in [6.07, 6.45) is 5.69. The van der Waals surface area contributed by atoms with E-state index in [0.717, 1.165) is 5.82 Å². The van der Waals surface area contributed by atoms with E-state index in [1.807, 2.05) is 6.08 Å². The van der Waals surface area contributed by atoms with Crippen LogP contribution in [0, 0.1) is 4.77 Å². The first-order valence-corrected chi connectivity index (χ1v) is 5.44. The minimum absolute atomic E-state index is 0.233. The SMILES string of the molecule is C=CC(C)n1c(C2CCC2)n[nH]c1=S. The number of hydrogen-bond donors (Lipinski definition) is 1. The van der Waals surface area contributed by atoms with Gasteiger partial charge in [-0.3, -0.25) is 9.67 Å². The summed E-state index contributed by atoms with van der Waals surface area (Å²) in [6.45, 7) is 5.88. The van der Waals surface area contributed by atoms with Crippen molar-refractivity contribution in [3.63, 3.8) is 0 Å². The number of nitrogens with zero attached hydrogens (tertiary/aromatic N) is 2. The number of H-pyrrole nitrogens is 1. The molecule has 76 valence electrons. The number of nitrogens with one attached hydrogen (secondary N) is 1. The van der Waals surface area contributed by atoms with Gasteiger partial charge in [-0.05, 0) is 32.0 Å². The van der Waals surface area contributed by atoms with Crippen molar-refractivity contribution in [2.75, 3.05) is 0 Å². The largest absolute Gasteiger partial charge is 0.297 e. The number of aromatic nitrogens is 3. The standard InChI is InChI=1S/C10H15N3S/c1-3-7(2)13-9(8-5-4-6-8)11-12-10(13)14/h3,7-8H,1,4-6H2,2H3,(H,12,14). The molecule has 1 saturated carbocycles. The van der Waals surface area contributed by atoms with E-state index in [1.54, 1.807) is 0 Å². The van der Waals surface area contributed by atoms with Gasteiger partial charge in [0.05, 0.1) is 6.04 Å². The number of hydrogen-bond acceptors (Lipinski definition) is 2. The average Bonchev–Trinajstić information content (AvgIpc) is 2.44. The maximum Gasteiger partial charge on any atom is 0.195 e. The molecule has 1 aromatic rings. The summed E-state index contributed by atoms with van der Waals surface area (Å²) in [5.41, 5.74) is 0. The van der Waals surface area contributed by atoms with Crippen LogP contribution in [0.3, 0.4) is 0 Å². The lowest BCUT2D eigenvalue weighted by Gasteiger charge is -2.26. The molecule has 1 atom stereocenters. The molecule has 14 heavy (non-hydrogen) atoms. The van der Waals surface area contributed by atoms with Gasteiger partial charge in [0.2, 0.25) is 0 Å². The molecule has 1 fully saturated rings. The van der Waals surface area contributed by atoms with E-state index in [0.29, 0.717) is 10.7 Å². The van der Waals surface area contributed by atoms with Crippen LogP contribution in [-0.4, -0.2) is 14.8 Å². The molecule has 2 rings (SSSR count). The summed E-state index contributed by atoms with van der Waals surface area (Å²) < 4.78 is 2.78. The van der Waals surface area contributed by atoms with Gasteiger partial charge in [0.25, 0.3) is 0 Å². The van der Waals surface area contributed by atoms with Gasteiger partial charge in [0.1, 0.15) is 5.82 Å². The zero-order valence-electron chi connectivity index (χ0n) is 8.36. The minimum atomic E-state index is 0.233. The van der Waals surface area contributed by atoms with Gasteiger partial charge >= 0.3 is 0 Å². The van der Waals surface area contributed by atoms with Crippen molar-refractivity contribution in [3.05, 3.63) is 23.3 Å². The molecule has 0 radical (unpaired) electrons. The van der Waals surface area contributed by atoms with E-state index >= 15 is 0 Å². The van der Waals surface area contributed by atoms with Gasteiger partial charge in [0.15, 0.2) is 4.77 Å². The molecule has 3 nitrogen and oxygen atoms in total. The van der Waals surface area contributed by atoms with Crippen LogP contribution in [0.15, 0.2) is 12.7 Å². The van der Waals surface area contributed by atoms with Crippen molar-refractivity contribution in [1.29, 1.82) is 0 Å². The van der Waals surface area contributed by atoms with Gasteiger partial charge in [-0.15, -0.1) is 6.58 Å². The van der Waals surface area contributed by atoms with E-state index < -0.39 is 0 Å². The van der Waals surface area contributed by atoms with Gasteiger partial charge in [-0.1, -0.05) is 12.5 Å². The van der Waals surface area contributed by atoms with Crippen molar-refractivity contribution >= 4 is 12.2 Å². The molecule has 1 N–H and O–H groups in total. The Bertz CT molecular complexity index is 386. The predicted octanol–water partition coefficient (Wildman–Crippen LogP) is 2.96. The predicted molar refractivity (Wildman–Crippen MR) is 58.9 cm³/mol. The van der Waals surface area contributed by atoms with Gasteiger partial charge in [-0.2, -0.15) is 5.10 Å². The fourth-order valence-corrected chi connectivity index (χ4v) is 2.08. The molecule has 0 amide bonds. The minimum Gasteiger partial charge on any atom is -0.297 e. The van der Waals surface area contributed by atoms with E-state index in [1.165, 1.54) is 19.3 Å². The summed E-state index contributed by atoms with van der Waals surface area (Å²) in [5.74, 6) is 1.71. The van der Waals surface area contributed by atoms with E-state index in [2.05, 4.69) is 28.3 Å². The van der Waals surface area contributed by atoms with Crippen LogP contribution in [-0.2, 0) is 0 Å². The topological polar surface area (TPSA) is 33.6 Å². The zero-order valence-corrected chi connectivity index (χ0v) is 9.18. The molecular weight excluding hydrogens is 194 g/mol. The first-order valence-electron chi connectivity index (χ1n) is 5.03. The molecule has 0 aliphatic heterocycles. The maximum absolute atomic E-state index is 5.20. The fraction of sp³-hybridized carbons (Fsp3) is 0.600. The van der Waals surface area contributed by atoms with Crippen molar-refractivity contribution < 1.29 is 0 Å². The molecule has 1 unspecified atom stereocenters. The highest BCUT2D eigenvalue weighted by Crippen LogP contribution is 2.36. The number of allylic oxidation sites excluding steroid dienone is 1. The Kier molecular flexibility index (Phi) is 2.54. The monoisotopic (exact) mass is 209 g/mol. The van der Waals surface area contributed by atoms with Crippen LogP contribution in [0.5, 0.6) is 0 Å². The van der Waals surface area contributed by atoms with E-state index in [4.69, 9.17) is 12.2 Å². The highest BCUT2D eigenvalue weighted by Gasteiger charge is 2.25. The van der Waals surface area contributed by atoms with Gasteiger partial charge in [-0.25, -0.2) is 0 Å². The Balaban J connectivity index is 2.39. The van der Waals surface area contributed by atoms with Crippen LogP contribution < -0.4 is 0 Å². The molecular formula is C10H15N3S. The lowest BCUT2D eigenvalue weighted by Crippen LogP contribution is -2.17. The van der Waals surface area contributed by atoms with Crippen LogP contribution in [0.25, 0.3) is 0 Å². The van der Waals surface area contributed by atoms with Crippen LogP contribution in [0.4, 0.5) is 0 Å². The second-order valence-electron chi connectivity index (χ2n) is 3.86. The highest BCUT2D eigenvalue weighted by atomic mass is 32.1. The van der Waals surface area contributed by atoms with Crippen molar-refractivity contribution in [2.45, 2.75) is 38.1 Å². The quantitative estimate of drug-likeness (QED) is 0.613. The van der Waals surface area contributed by atoms with E-state index in [-0.39, 0.29) is 6.04 Å². The second kappa shape index (κ2) is 3.69. The smallest absolute Gasteiger partial charge is 0.195 e. The normalized spacial score (nSPS) is 18.9. The summed E-state index contributed by atoms with van der Waals surface area (Å²) in [6, 6.07) is 0.233. The third-order valence-corrected chi connectivity index (χ3v) is 3.24. The van der Waals surface area contributed by atoms with Crippen LogP contribution in [0.1, 0.15) is 44.0 Å². The molecule has 0 spiro atoms. The Morgan fingerprint density at radius 1 is 1.71 bits per heavy atom. The Morgan fingerprint density at radius 3 is 2.93 bits per heavy atom. The Labute approximate surface area is 88.8 Å². The molecule has 0 aromatic carbocycles. The summed E-state index contributed by atoms with van der Waals surface area (Å²) >= 11 is 5.20. The molecule has 1 heterocycles. The number of rotatable bonds is 3. The van der Waals surface area contributed by atoms with Crippen LogP contribution >= 0.6 is 12.2 Å². The fourth-order valence-electron chi connectivity index (χ4n) is 1.77. The van der Waals surface area contributed by atoms with E-state index in [9.17, 15) is 0 Å². The molecule has 1 aromatic heterocycles. The van der Waals surface area contributed by atoms with Crippen molar-refractivity contribution in [3.8, 4) is 0 Å². The number of aromatic amines is 1. The second-order valence-corrected chi connectivity index (χ2v) is 4.25. The average molecular weight is 209 g/mol. The van der Waals surface area contributed by atoms with Gasteiger partial charge < -0.3 is 0 Å². The highest BCUT2D eigenvalue weighted by molar-refractivity contribution is 7.71.